The number of hydrogen-bond donors (Lipinski definition) is 4. The summed E-state index contributed by atoms with van der Waals surface area (Å²) in [5.41, 5.74) is 0.652. The van der Waals surface area contributed by atoms with Crippen molar-refractivity contribution in [2.45, 2.75) is 25.0 Å². The third-order valence-corrected chi connectivity index (χ3v) is 2.77. The number of pyridine rings is 1. The first-order chi connectivity index (χ1) is 7.48. The van der Waals surface area contributed by atoms with Crippen LogP contribution in [0.15, 0.2) is 18.5 Å². The van der Waals surface area contributed by atoms with Crippen LogP contribution in [0.25, 0.3) is 0 Å². The van der Waals surface area contributed by atoms with E-state index in [9.17, 15) is 20.4 Å². The molecule has 16 heavy (non-hydrogen) atoms. The molecule has 0 radical (unpaired) electrons. The lowest BCUT2D eigenvalue weighted by atomic mass is 10.1. The van der Waals surface area contributed by atoms with Crippen LogP contribution >= 0.6 is 0 Å². The Morgan fingerprint density at radius 1 is 1.31 bits per heavy atom. The van der Waals surface area contributed by atoms with Crippen molar-refractivity contribution >= 4 is 0 Å². The van der Waals surface area contributed by atoms with Gasteiger partial charge in [0.1, 0.15) is 5.75 Å². The minimum atomic E-state index is -2.83. The van der Waals surface area contributed by atoms with Crippen molar-refractivity contribution < 1.29 is 20.4 Å². The summed E-state index contributed by atoms with van der Waals surface area (Å²) in [6.45, 7) is 0.379. The zero-order valence-electron chi connectivity index (χ0n) is 8.61. The number of aromatic hydroxyl groups is 1. The van der Waals surface area contributed by atoms with Crippen LogP contribution in [-0.4, -0.2) is 43.0 Å². The molecule has 4 N–H and O–H groups in total. The van der Waals surface area contributed by atoms with Crippen LogP contribution < -0.4 is 0 Å². The van der Waals surface area contributed by atoms with E-state index in [-0.39, 0.29) is 11.8 Å². The second kappa shape index (κ2) is 3.99. The average Bonchev–Trinajstić information content (AvgIpc) is 2.65. The summed E-state index contributed by atoms with van der Waals surface area (Å²) in [5, 5.41) is 36.8. The number of rotatable bonds is 2. The first-order valence-corrected chi connectivity index (χ1v) is 5.06. The highest BCUT2D eigenvalue weighted by Gasteiger charge is 2.39. The van der Waals surface area contributed by atoms with Gasteiger partial charge in [-0.1, -0.05) is 0 Å². The van der Waals surface area contributed by atoms with E-state index in [2.05, 4.69) is 4.98 Å². The Hall–Kier alpha value is -1.21. The van der Waals surface area contributed by atoms with Gasteiger partial charge in [-0.05, 0) is 24.5 Å². The predicted molar refractivity (Wildman–Crippen MR) is 54.0 cm³/mol. The number of aliphatic hydroxyl groups is 3. The molecule has 0 aliphatic carbocycles. The molecule has 1 unspecified atom stereocenters. The molecule has 0 amide bonds. The lowest BCUT2D eigenvalue weighted by Gasteiger charge is -2.31. The molecule has 1 saturated heterocycles. The van der Waals surface area contributed by atoms with Gasteiger partial charge in [-0.2, -0.15) is 0 Å². The largest absolute Gasteiger partial charge is 0.506 e. The second-order valence-electron chi connectivity index (χ2n) is 3.93. The highest BCUT2D eigenvalue weighted by Crippen LogP contribution is 2.35. The van der Waals surface area contributed by atoms with Gasteiger partial charge in [-0.15, -0.1) is 0 Å². The first-order valence-electron chi connectivity index (χ1n) is 5.06. The lowest BCUT2D eigenvalue weighted by Crippen LogP contribution is -2.48. The smallest absolute Gasteiger partial charge is 0.346 e. The van der Waals surface area contributed by atoms with E-state index in [4.69, 9.17) is 0 Å². The van der Waals surface area contributed by atoms with Gasteiger partial charge in [0, 0.05) is 18.8 Å². The summed E-state index contributed by atoms with van der Waals surface area (Å²) in [6.07, 6.45) is 1.42. The second-order valence-corrected chi connectivity index (χ2v) is 3.93. The SMILES string of the molecule is Oc1cncc(C2CCCN2C(O)(O)O)c1. The molecule has 88 valence electrons. The molecule has 1 aliphatic rings. The van der Waals surface area contributed by atoms with Gasteiger partial charge in [-0.25, -0.2) is 4.90 Å². The standard InChI is InChI=1S/C10H14N2O4/c13-8-4-7(5-11-6-8)9-2-1-3-12(9)10(14,15)16/h4-6,9,13-16H,1-3H2. The van der Waals surface area contributed by atoms with E-state index in [0.717, 1.165) is 11.3 Å². The van der Waals surface area contributed by atoms with Crippen LogP contribution in [0.5, 0.6) is 5.75 Å². The molecule has 1 aromatic rings. The monoisotopic (exact) mass is 226 g/mol. The van der Waals surface area contributed by atoms with E-state index in [1.54, 1.807) is 0 Å². The van der Waals surface area contributed by atoms with Gasteiger partial charge >= 0.3 is 6.10 Å². The Labute approximate surface area is 92.4 Å². The quantitative estimate of drug-likeness (QED) is 0.508. The Morgan fingerprint density at radius 3 is 2.69 bits per heavy atom. The molecule has 0 aromatic carbocycles. The van der Waals surface area contributed by atoms with E-state index in [1.807, 2.05) is 0 Å². The number of aromatic nitrogens is 1. The molecule has 1 aliphatic heterocycles. The van der Waals surface area contributed by atoms with Gasteiger partial charge in [-0.3, -0.25) is 4.98 Å². The fourth-order valence-corrected chi connectivity index (χ4v) is 2.10. The summed E-state index contributed by atoms with van der Waals surface area (Å²) in [4.78, 5) is 4.98. The summed E-state index contributed by atoms with van der Waals surface area (Å²) >= 11 is 0. The molecule has 1 atom stereocenters. The van der Waals surface area contributed by atoms with Crippen molar-refractivity contribution in [3.8, 4) is 5.75 Å². The van der Waals surface area contributed by atoms with Gasteiger partial charge < -0.3 is 20.4 Å². The van der Waals surface area contributed by atoms with Crippen LogP contribution in [0.4, 0.5) is 0 Å². The zero-order chi connectivity index (χ0) is 11.8. The van der Waals surface area contributed by atoms with Gasteiger partial charge in [0.05, 0.1) is 6.20 Å². The molecule has 0 saturated carbocycles. The molecule has 1 aromatic heterocycles. The van der Waals surface area contributed by atoms with Crippen molar-refractivity contribution in [1.82, 2.24) is 9.88 Å². The molecule has 6 heteroatoms. The van der Waals surface area contributed by atoms with Gasteiger partial charge in [0.2, 0.25) is 0 Å². The highest BCUT2D eigenvalue weighted by atomic mass is 16.7. The zero-order valence-corrected chi connectivity index (χ0v) is 8.61. The van der Waals surface area contributed by atoms with Crippen LogP contribution in [0.1, 0.15) is 24.4 Å². The maximum absolute atomic E-state index is 9.29. The van der Waals surface area contributed by atoms with E-state index in [0.29, 0.717) is 18.5 Å². The molecule has 6 nitrogen and oxygen atoms in total. The first kappa shape index (κ1) is 11.3. The normalized spacial score (nSPS) is 22.6. The van der Waals surface area contributed by atoms with Gasteiger partial charge in [0.25, 0.3) is 0 Å². The summed E-state index contributed by atoms with van der Waals surface area (Å²) < 4.78 is 0. The van der Waals surface area contributed by atoms with E-state index >= 15 is 0 Å². The van der Waals surface area contributed by atoms with Crippen molar-refractivity contribution in [3.63, 3.8) is 0 Å². The fraction of sp³-hybridized carbons (Fsp3) is 0.500. The third kappa shape index (κ3) is 2.14. The van der Waals surface area contributed by atoms with Crippen LogP contribution in [0.3, 0.4) is 0 Å². The maximum Gasteiger partial charge on any atom is 0.346 e. The highest BCUT2D eigenvalue weighted by molar-refractivity contribution is 5.25. The van der Waals surface area contributed by atoms with Crippen molar-refractivity contribution in [3.05, 3.63) is 24.0 Å². The topological polar surface area (TPSA) is 97.1 Å². The third-order valence-electron chi connectivity index (χ3n) is 2.77. The molecule has 1 fully saturated rings. The summed E-state index contributed by atoms with van der Waals surface area (Å²) in [6, 6.07) is 1.15. The van der Waals surface area contributed by atoms with E-state index < -0.39 is 6.10 Å². The molecule has 2 heterocycles. The van der Waals surface area contributed by atoms with E-state index in [1.165, 1.54) is 18.5 Å². The molecule has 0 spiro atoms. The molecular formula is C10H14N2O4. The minimum absolute atomic E-state index is 0.0174. The Kier molecular flexibility index (Phi) is 2.81. The Balaban J connectivity index is 2.27. The Bertz CT molecular complexity index is 377. The number of hydrogen-bond acceptors (Lipinski definition) is 6. The maximum atomic E-state index is 9.29. The minimum Gasteiger partial charge on any atom is -0.506 e. The van der Waals surface area contributed by atoms with Crippen molar-refractivity contribution in [1.29, 1.82) is 0 Å². The summed E-state index contributed by atoms with van der Waals surface area (Å²) in [5.74, 6) is 0.0174. The number of nitrogens with zero attached hydrogens (tertiary/aromatic N) is 2. The van der Waals surface area contributed by atoms with Crippen LogP contribution in [-0.2, 0) is 0 Å². The fourth-order valence-electron chi connectivity index (χ4n) is 2.10. The predicted octanol–water partition coefficient (Wildman–Crippen LogP) is -0.488. The lowest BCUT2D eigenvalue weighted by molar-refractivity contribution is -0.397. The van der Waals surface area contributed by atoms with Gasteiger partial charge in [0.15, 0.2) is 0 Å². The molecule has 2 rings (SSSR count). The van der Waals surface area contributed by atoms with Crippen molar-refractivity contribution in [2.24, 2.45) is 0 Å². The van der Waals surface area contributed by atoms with Crippen LogP contribution in [0, 0.1) is 0 Å². The summed E-state index contributed by atoms with van der Waals surface area (Å²) in [7, 11) is 0. The average molecular weight is 226 g/mol. The number of likely N-dealkylation sites (tertiary alicyclic amines) is 1. The van der Waals surface area contributed by atoms with Crippen molar-refractivity contribution in [2.75, 3.05) is 6.54 Å². The Morgan fingerprint density at radius 2 is 2.06 bits per heavy atom. The molecular weight excluding hydrogens is 212 g/mol. The molecule has 0 bridgehead atoms. The van der Waals surface area contributed by atoms with Crippen LogP contribution in [0.2, 0.25) is 0 Å².